The summed E-state index contributed by atoms with van der Waals surface area (Å²) in [4.78, 5) is 10.6. The minimum Gasteiger partial charge on any atom is -0.481 e. The molecule has 0 saturated heterocycles. The summed E-state index contributed by atoms with van der Waals surface area (Å²) < 4.78 is 0. The number of aliphatic hydroxyl groups excluding tert-OH is 1. The van der Waals surface area contributed by atoms with Gasteiger partial charge in [-0.3, -0.25) is 4.79 Å². The number of carbonyl (C=O) groups is 1. The average Bonchev–Trinajstić information content (AvgIpc) is 2.94. The van der Waals surface area contributed by atoms with Gasteiger partial charge in [0.2, 0.25) is 0 Å². The molecule has 1 saturated carbocycles. The highest BCUT2D eigenvalue weighted by atomic mass is 16.4. The highest BCUT2D eigenvalue weighted by molar-refractivity contribution is 5.66. The fourth-order valence-corrected chi connectivity index (χ4v) is 4.23. The van der Waals surface area contributed by atoms with Gasteiger partial charge in [0, 0.05) is 6.42 Å². The summed E-state index contributed by atoms with van der Waals surface area (Å²) in [6.45, 7) is 4.51. The maximum atomic E-state index is 10.6. The first-order chi connectivity index (χ1) is 13.5. The van der Waals surface area contributed by atoms with Gasteiger partial charge in [-0.2, -0.15) is 0 Å². The maximum absolute atomic E-state index is 10.6. The molecule has 3 nitrogen and oxygen atoms in total. The number of hydrogen-bond acceptors (Lipinski definition) is 2. The molecule has 0 amide bonds. The Bertz CT molecular complexity index is 634. The smallest absolute Gasteiger partial charge is 0.303 e. The van der Waals surface area contributed by atoms with Crippen LogP contribution in [-0.4, -0.2) is 22.3 Å². The van der Waals surface area contributed by atoms with E-state index >= 15 is 0 Å². The molecule has 3 heteroatoms. The molecule has 0 spiro atoms. The maximum Gasteiger partial charge on any atom is 0.303 e. The van der Waals surface area contributed by atoms with Crippen molar-refractivity contribution in [3.63, 3.8) is 0 Å². The van der Waals surface area contributed by atoms with Crippen molar-refractivity contribution in [3.05, 3.63) is 60.2 Å². The van der Waals surface area contributed by atoms with Crippen molar-refractivity contribution in [1.82, 2.24) is 0 Å². The van der Waals surface area contributed by atoms with E-state index in [0.717, 1.165) is 32.1 Å². The number of rotatable bonds is 11. The van der Waals surface area contributed by atoms with E-state index < -0.39 is 5.97 Å². The van der Waals surface area contributed by atoms with Gasteiger partial charge in [0.1, 0.15) is 0 Å². The molecular formula is C25H36O3. The van der Waals surface area contributed by atoms with Gasteiger partial charge < -0.3 is 10.2 Å². The van der Waals surface area contributed by atoms with Crippen molar-refractivity contribution < 1.29 is 15.0 Å². The van der Waals surface area contributed by atoms with Gasteiger partial charge in [0.15, 0.2) is 0 Å². The highest BCUT2D eigenvalue weighted by Gasteiger charge is 2.37. The fraction of sp³-hybridized carbons (Fsp3) is 0.560. The largest absolute Gasteiger partial charge is 0.481 e. The minimum atomic E-state index is -0.736. The van der Waals surface area contributed by atoms with Gasteiger partial charge in [-0.25, -0.2) is 0 Å². The molecule has 1 aliphatic carbocycles. The molecule has 1 aromatic rings. The first-order valence-corrected chi connectivity index (χ1v) is 10.7. The fourth-order valence-electron chi connectivity index (χ4n) is 4.23. The summed E-state index contributed by atoms with van der Waals surface area (Å²) in [6.07, 6.45) is 14.3. The standard InChI is InChI=1S/C25H36O3/c1-19(14-16-21-10-6-5-7-11-21)15-17-22-20(2)18-24(26)23(22)12-8-3-4-9-13-25(27)28/h3,5-8,10-11,15,17,19-20,22-24,26H,4,9,12-14,16,18H2,1-2H3,(H,27,28)/b8-3-,17-15+/t19-,20+,22-,23+,24-/m0/s1. The second-order valence-electron chi connectivity index (χ2n) is 8.40. The van der Waals surface area contributed by atoms with Gasteiger partial charge in [-0.05, 0) is 67.8 Å². The molecule has 5 atom stereocenters. The van der Waals surface area contributed by atoms with Gasteiger partial charge in [0.05, 0.1) is 6.10 Å². The molecule has 154 valence electrons. The Morgan fingerprint density at radius 2 is 2.00 bits per heavy atom. The van der Waals surface area contributed by atoms with Gasteiger partial charge >= 0.3 is 5.97 Å². The molecule has 2 rings (SSSR count). The van der Waals surface area contributed by atoms with Crippen LogP contribution in [0.25, 0.3) is 0 Å². The van der Waals surface area contributed by atoms with Gasteiger partial charge in [-0.1, -0.05) is 68.5 Å². The van der Waals surface area contributed by atoms with Crippen LogP contribution < -0.4 is 0 Å². The van der Waals surface area contributed by atoms with Crippen LogP contribution in [0.3, 0.4) is 0 Å². The number of aliphatic carboxylic acids is 1. The number of aliphatic hydroxyl groups is 1. The van der Waals surface area contributed by atoms with Crippen molar-refractivity contribution >= 4 is 5.97 Å². The zero-order valence-electron chi connectivity index (χ0n) is 17.3. The zero-order chi connectivity index (χ0) is 20.4. The topological polar surface area (TPSA) is 57.5 Å². The van der Waals surface area contributed by atoms with E-state index in [2.05, 4.69) is 68.5 Å². The lowest BCUT2D eigenvalue weighted by atomic mass is 9.86. The first kappa shape index (κ1) is 22.4. The summed E-state index contributed by atoms with van der Waals surface area (Å²) in [5, 5.41) is 19.2. The molecule has 0 aromatic heterocycles. The predicted molar refractivity (Wildman–Crippen MR) is 115 cm³/mol. The monoisotopic (exact) mass is 384 g/mol. The van der Waals surface area contributed by atoms with Crippen molar-refractivity contribution in [3.8, 4) is 0 Å². The van der Waals surface area contributed by atoms with E-state index in [-0.39, 0.29) is 18.4 Å². The molecular weight excluding hydrogens is 348 g/mol. The number of hydrogen-bond donors (Lipinski definition) is 2. The number of unbranched alkanes of at least 4 members (excludes halogenated alkanes) is 1. The van der Waals surface area contributed by atoms with Crippen LogP contribution in [0, 0.1) is 23.7 Å². The Labute approximate surface area is 170 Å². The molecule has 0 unspecified atom stereocenters. The van der Waals surface area contributed by atoms with Crippen LogP contribution in [0.4, 0.5) is 0 Å². The Morgan fingerprint density at radius 3 is 2.71 bits per heavy atom. The van der Waals surface area contributed by atoms with Crippen molar-refractivity contribution in [2.45, 2.75) is 64.9 Å². The van der Waals surface area contributed by atoms with Crippen LogP contribution in [0.5, 0.6) is 0 Å². The van der Waals surface area contributed by atoms with E-state index in [9.17, 15) is 9.90 Å². The van der Waals surface area contributed by atoms with Crippen LogP contribution in [0.2, 0.25) is 0 Å². The Kier molecular flexibility index (Phi) is 9.49. The molecule has 0 heterocycles. The van der Waals surface area contributed by atoms with Crippen LogP contribution in [0.15, 0.2) is 54.6 Å². The van der Waals surface area contributed by atoms with Gasteiger partial charge in [0.25, 0.3) is 0 Å². The number of carboxylic acids is 1. The summed E-state index contributed by atoms with van der Waals surface area (Å²) in [7, 11) is 0. The summed E-state index contributed by atoms with van der Waals surface area (Å²) in [5.74, 6) is 0.969. The first-order valence-electron chi connectivity index (χ1n) is 10.7. The van der Waals surface area contributed by atoms with Crippen molar-refractivity contribution in [1.29, 1.82) is 0 Å². The number of aryl methyl sites for hydroxylation is 1. The summed E-state index contributed by atoms with van der Waals surface area (Å²) in [6, 6.07) is 10.6. The number of allylic oxidation sites excluding steroid dienone is 4. The van der Waals surface area contributed by atoms with E-state index in [0.29, 0.717) is 24.2 Å². The normalized spacial score (nSPS) is 26.2. The Morgan fingerprint density at radius 1 is 1.25 bits per heavy atom. The summed E-state index contributed by atoms with van der Waals surface area (Å²) in [5.41, 5.74) is 1.39. The molecule has 0 radical (unpaired) electrons. The van der Waals surface area contributed by atoms with Crippen molar-refractivity contribution in [2.24, 2.45) is 23.7 Å². The van der Waals surface area contributed by atoms with Crippen molar-refractivity contribution in [2.75, 3.05) is 0 Å². The van der Waals surface area contributed by atoms with E-state index in [1.54, 1.807) is 0 Å². The second kappa shape index (κ2) is 11.9. The second-order valence-corrected chi connectivity index (χ2v) is 8.40. The molecule has 1 fully saturated rings. The third-order valence-corrected chi connectivity index (χ3v) is 5.99. The zero-order valence-corrected chi connectivity index (χ0v) is 17.3. The van der Waals surface area contributed by atoms with Crippen LogP contribution in [0.1, 0.15) is 57.9 Å². The minimum absolute atomic E-state index is 0.222. The third-order valence-electron chi connectivity index (χ3n) is 5.99. The quantitative estimate of drug-likeness (QED) is 0.383. The van der Waals surface area contributed by atoms with Gasteiger partial charge in [-0.15, -0.1) is 0 Å². The molecule has 2 N–H and O–H groups in total. The highest BCUT2D eigenvalue weighted by Crippen LogP contribution is 2.40. The molecule has 1 aliphatic rings. The molecule has 28 heavy (non-hydrogen) atoms. The Balaban J connectivity index is 1.82. The lowest BCUT2D eigenvalue weighted by Gasteiger charge is -2.20. The van der Waals surface area contributed by atoms with E-state index in [1.807, 2.05) is 0 Å². The van der Waals surface area contributed by atoms with E-state index in [4.69, 9.17) is 5.11 Å². The SMILES string of the molecule is C[C@H](/C=C/[C@@H]1[C@@H](C/C=C\CCCC(=O)O)[C@@H](O)C[C@H]1C)CCc1ccccc1. The molecule has 0 bridgehead atoms. The predicted octanol–water partition coefficient (Wildman–Crippen LogP) is 5.65. The van der Waals surface area contributed by atoms with Crippen LogP contribution >= 0.6 is 0 Å². The number of carboxylic acid groups (broad SMARTS) is 1. The third kappa shape index (κ3) is 7.63. The lowest BCUT2D eigenvalue weighted by molar-refractivity contribution is -0.137. The molecule has 1 aromatic carbocycles. The lowest BCUT2D eigenvalue weighted by Crippen LogP contribution is -2.18. The molecule has 0 aliphatic heterocycles. The van der Waals surface area contributed by atoms with Crippen LogP contribution in [-0.2, 0) is 11.2 Å². The number of benzene rings is 1. The Hall–Kier alpha value is -1.87. The van der Waals surface area contributed by atoms with E-state index in [1.165, 1.54) is 5.56 Å². The average molecular weight is 385 g/mol. The summed E-state index contributed by atoms with van der Waals surface area (Å²) >= 11 is 0.